The van der Waals surface area contributed by atoms with Crippen LogP contribution in [0.4, 0.5) is 22.7 Å². The van der Waals surface area contributed by atoms with Gasteiger partial charge in [0, 0.05) is 28.6 Å². The van der Waals surface area contributed by atoms with Crippen LogP contribution >= 0.6 is 0 Å². The third-order valence-electron chi connectivity index (χ3n) is 6.99. The number of fused-ring (bicyclic) bond motifs is 3. The minimum atomic E-state index is -0.311. The fourth-order valence-corrected chi connectivity index (χ4v) is 5.48. The van der Waals surface area contributed by atoms with Crippen molar-refractivity contribution in [2.24, 2.45) is 0 Å². The summed E-state index contributed by atoms with van der Waals surface area (Å²) in [7, 11) is 0. The average Bonchev–Trinajstić information content (AvgIpc) is 2.93. The highest BCUT2D eigenvalue weighted by Crippen LogP contribution is 2.53. The Hall–Kier alpha value is -5.03. The van der Waals surface area contributed by atoms with Crippen LogP contribution in [0.5, 0.6) is 0 Å². The topological polar surface area (TPSA) is 59.3 Å². The Bertz CT molecular complexity index is 1840. The van der Waals surface area contributed by atoms with Crippen LogP contribution in [0.3, 0.4) is 0 Å². The summed E-state index contributed by atoms with van der Waals surface area (Å²) in [6, 6.07) is 34.0. The third-order valence-corrected chi connectivity index (χ3v) is 6.99. The lowest BCUT2D eigenvalue weighted by Crippen LogP contribution is -2.15. The number of nitro groups is 1. The zero-order valence-electron chi connectivity index (χ0n) is 19.1. The summed E-state index contributed by atoms with van der Waals surface area (Å²) in [5, 5.41) is 16.2. The Kier molecular flexibility index (Phi) is 4.38. The van der Waals surface area contributed by atoms with Gasteiger partial charge in [0.2, 0.25) is 0 Å². The Morgan fingerprint density at radius 1 is 0.611 bits per heavy atom. The van der Waals surface area contributed by atoms with Crippen molar-refractivity contribution in [3.05, 3.63) is 126 Å². The van der Waals surface area contributed by atoms with Gasteiger partial charge in [-0.15, -0.1) is 0 Å². The first-order valence-corrected chi connectivity index (χ1v) is 11.7. The second kappa shape index (κ2) is 7.75. The number of rotatable bonds is 3. The Balaban J connectivity index is 1.59. The van der Waals surface area contributed by atoms with Crippen molar-refractivity contribution >= 4 is 44.3 Å². The molecule has 6 aromatic rings. The summed E-state index contributed by atoms with van der Waals surface area (Å²) in [5.74, 6) is 0. The molecule has 0 aliphatic carbocycles. The SMILES string of the molecule is O=[N+]([O-])c1ccccc1-c1ccc2c3c(cccc13)N(c1cccc3ccccc13)c1cnccc1-2. The maximum absolute atomic E-state index is 11.8. The lowest BCUT2D eigenvalue weighted by atomic mass is 9.87. The van der Waals surface area contributed by atoms with Crippen LogP contribution in [-0.2, 0) is 0 Å². The molecule has 5 aromatic carbocycles. The zero-order valence-corrected chi connectivity index (χ0v) is 19.1. The Morgan fingerprint density at radius 3 is 2.25 bits per heavy atom. The van der Waals surface area contributed by atoms with E-state index in [-0.39, 0.29) is 10.6 Å². The van der Waals surface area contributed by atoms with E-state index >= 15 is 0 Å². The Morgan fingerprint density at radius 2 is 1.33 bits per heavy atom. The monoisotopic (exact) mass is 465 g/mol. The van der Waals surface area contributed by atoms with Crippen LogP contribution < -0.4 is 4.90 Å². The van der Waals surface area contributed by atoms with Crippen LogP contribution in [0, 0.1) is 10.1 Å². The fourth-order valence-electron chi connectivity index (χ4n) is 5.48. The number of para-hydroxylation sites is 1. The Labute approximate surface area is 207 Å². The number of hydrogen-bond acceptors (Lipinski definition) is 4. The van der Waals surface area contributed by atoms with Gasteiger partial charge in [0.05, 0.1) is 33.7 Å². The summed E-state index contributed by atoms with van der Waals surface area (Å²) in [6.45, 7) is 0. The molecular formula is C31H19N3O2. The summed E-state index contributed by atoms with van der Waals surface area (Å²) in [4.78, 5) is 18.3. The van der Waals surface area contributed by atoms with E-state index < -0.39 is 0 Å². The van der Waals surface area contributed by atoms with Gasteiger partial charge < -0.3 is 4.90 Å². The maximum Gasteiger partial charge on any atom is 0.277 e. The molecule has 1 aromatic heterocycles. The van der Waals surface area contributed by atoms with Gasteiger partial charge in [-0.05, 0) is 46.2 Å². The predicted octanol–water partition coefficient (Wildman–Crippen LogP) is 8.41. The highest BCUT2D eigenvalue weighted by atomic mass is 16.6. The molecule has 0 saturated heterocycles. The summed E-state index contributed by atoms with van der Waals surface area (Å²) < 4.78 is 0. The molecule has 0 N–H and O–H groups in total. The van der Waals surface area contributed by atoms with Crippen LogP contribution in [0.25, 0.3) is 43.8 Å². The molecule has 1 aliphatic heterocycles. The zero-order chi connectivity index (χ0) is 24.2. The molecule has 7 rings (SSSR count). The largest absolute Gasteiger partial charge is 0.307 e. The second-order valence-electron chi connectivity index (χ2n) is 8.86. The molecule has 0 spiro atoms. The molecule has 5 heteroatoms. The average molecular weight is 466 g/mol. The second-order valence-corrected chi connectivity index (χ2v) is 8.86. The minimum absolute atomic E-state index is 0.101. The van der Waals surface area contributed by atoms with E-state index in [1.807, 2.05) is 48.8 Å². The van der Waals surface area contributed by atoms with Gasteiger partial charge in [0.15, 0.2) is 0 Å². The quantitative estimate of drug-likeness (QED) is 0.194. The smallest absolute Gasteiger partial charge is 0.277 e. The van der Waals surface area contributed by atoms with E-state index in [2.05, 4.69) is 64.5 Å². The van der Waals surface area contributed by atoms with Gasteiger partial charge >= 0.3 is 0 Å². The van der Waals surface area contributed by atoms with Crippen molar-refractivity contribution in [3.8, 4) is 22.3 Å². The molecule has 5 nitrogen and oxygen atoms in total. The minimum Gasteiger partial charge on any atom is -0.307 e. The number of hydrogen-bond donors (Lipinski definition) is 0. The van der Waals surface area contributed by atoms with Crippen LogP contribution in [0.2, 0.25) is 0 Å². The van der Waals surface area contributed by atoms with E-state index in [1.54, 1.807) is 12.1 Å². The van der Waals surface area contributed by atoms with Crippen LogP contribution in [0.1, 0.15) is 0 Å². The molecule has 0 unspecified atom stereocenters. The molecule has 0 bridgehead atoms. The van der Waals surface area contributed by atoms with Gasteiger partial charge in [0.1, 0.15) is 0 Å². The molecule has 2 heterocycles. The number of nitro benzene ring substituents is 1. The van der Waals surface area contributed by atoms with E-state index in [0.29, 0.717) is 5.56 Å². The first-order chi connectivity index (χ1) is 17.7. The third kappa shape index (κ3) is 2.86. The fraction of sp³-hybridized carbons (Fsp3) is 0. The van der Waals surface area contributed by atoms with Gasteiger partial charge in [-0.1, -0.05) is 72.8 Å². The van der Waals surface area contributed by atoms with Crippen molar-refractivity contribution in [2.75, 3.05) is 4.90 Å². The van der Waals surface area contributed by atoms with Crippen molar-refractivity contribution in [1.29, 1.82) is 0 Å². The molecule has 0 radical (unpaired) electrons. The van der Waals surface area contributed by atoms with Crippen molar-refractivity contribution < 1.29 is 4.92 Å². The lowest BCUT2D eigenvalue weighted by molar-refractivity contribution is -0.384. The van der Waals surface area contributed by atoms with Gasteiger partial charge in [0.25, 0.3) is 5.69 Å². The van der Waals surface area contributed by atoms with E-state index in [0.717, 1.165) is 55.3 Å². The number of benzene rings is 5. The van der Waals surface area contributed by atoms with E-state index in [4.69, 9.17) is 0 Å². The van der Waals surface area contributed by atoms with Gasteiger partial charge in [-0.25, -0.2) is 0 Å². The molecular weight excluding hydrogens is 446 g/mol. The highest BCUT2D eigenvalue weighted by Gasteiger charge is 2.28. The lowest BCUT2D eigenvalue weighted by Gasteiger charge is -2.34. The normalized spacial score (nSPS) is 12.1. The first-order valence-electron chi connectivity index (χ1n) is 11.7. The molecule has 0 fully saturated rings. The molecule has 0 amide bonds. The number of aromatic nitrogens is 1. The summed E-state index contributed by atoms with van der Waals surface area (Å²) in [5.41, 5.74) is 6.84. The van der Waals surface area contributed by atoms with Gasteiger partial charge in [-0.3, -0.25) is 15.1 Å². The number of pyridine rings is 1. The van der Waals surface area contributed by atoms with Crippen molar-refractivity contribution in [3.63, 3.8) is 0 Å². The van der Waals surface area contributed by atoms with Crippen molar-refractivity contribution in [1.82, 2.24) is 4.98 Å². The standard InChI is InChI=1S/C31H19N3O2/c35-34(36)28-12-4-3-10-23(28)22-15-16-26-24-17-18-32-19-30(24)33(29-14-6-11-25(22)31(26)29)27-13-5-8-20-7-1-2-9-21(20)27/h1-19H. The molecule has 1 aliphatic rings. The summed E-state index contributed by atoms with van der Waals surface area (Å²) in [6.07, 6.45) is 3.73. The molecule has 0 atom stereocenters. The van der Waals surface area contributed by atoms with Crippen LogP contribution in [-0.4, -0.2) is 9.91 Å². The molecule has 36 heavy (non-hydrogen) atoms. The molecule has 170 valence electrons. The maximum atomic E-state index is 11.8. The highest BCUT2D eigenvalue weighted by molar-refractivity contribution is 6.18. The summed E-state index contributed by atoms with van der Waals surface area (Å²) >= 11 is 0. The van der Waals surface area contributed by atoms with E-state index in [1.165, 1.54) is 0 Å². The van der Waals surface area contributed by atoms with Crippen LogP contribution in [0.15, 0.2) is 116 Å². The molecule has 0 saturated carbocycles. The van der Waals surface area contributed by atoms with E-state index in [9.17, 15) is 10.1 Å². The number of nitrogens with zero attached hydrogens (tertiary/aromatic N) is 3. The van der Waals surface area contributed by atoms with Crippen molar-refractivity contribution in [2.45, 2.75) is 0 Å². The first kappa shape index (κ1) is 20.4. The number of anilines is 3. The predicted molar refractivity (Wildman–Crippen MR) is 145 cm³/mol. The van der Waals surface area contributed by atoms with Gasteiger partial charge in [-0.2, -0.15) is 0 Å².